The van der Waals surface area contributed by atoms with Crippen LogP contribution in [0.1, 0.15) is 11.4 Å². The van der Waals surface area contributed by atoms with Crippen molar-refractivity contribution in [3.8, 4) is 22.8 Å². The van der Waals surface area contributed by atoms with Crippen LogP contribution in [0.2, 0.25) is 0 Å². The lowest BCUT2D eigenvalue weighted by Gasteiger charge is -2.26. The zero-order valence-electron chi connectivity index (χ0n) is 20.3. The van der Waals surface area contributed by atoms with Crippen LogP contribution in [-0.2, 0) is 18.2 Å². The van der Waals surface area contributed by atoms with E-state index in [1.807, 2.05) is 30.3 Å². The van der Waals surface area contributed by atoms with Crippen molar-refractivity contribution >= 4 is 11.8 Å². The minimum absolute atomic E-state index is 0.170. The van der Waals surface area contributed by atoms with Crippen molar-refractivity contribution in [3.63, 3.8) is 0 Å². The van der Waals surface area contributed by atoms with Crippen molar-refractivity contribution in [2.75, 3.05) is 31.6 Å². The number of hydrogen-bond acceptors (Lipinski definition) is 7. The van der Waals surface area contributed by atoms with E-state index < -0.39 is 0 Å². The number of pyridine rings is 2. The van der Waals surface area contributed by atoms with Gasteiger partial charge in [0.2, 0.25) is 0 Å². The number of benzene rings is 1. The van der Waals surface area contributed by atoms with Crippen LogP contribution in [0.15, 0.2) is 78.0 Å². The highest BCUT2D eigenvalue weighted by Gasteiger charge is 2.17. The van der Waals surface area contributed by atoms with Crippen LogP contribution in [0.3, 0.4) is 0 Å². The molecule has 0 bridgehead atoms. The number of urea groups is 1. The first kappa shape index (κ1) is 24.1. The lowest BCUT2D eigenvalue weighted by molar-refractivity contribution is 0.0564. The number of amides is 2. The van der Waals surface area contributed by atoms with Crippen LogP contribution in [0, 0.1) is 0 Å². The molecule has 4 heterocycles. The lowest BCUT2D eigenvalue weighted by Crippen LogP contribution is -2.43. The van der Waals surface area contributed by atoms with E-state index in [0.717, 1.165) is 5.56 Å². The fourth-order valence-corrected chi connectivity index (χ4v) is 3.93. The van der Waals surface area contributed by atoms with E-state index in [9.17, 15) is 9.59 Å². The van der Waals surface area contributed by atoms with E-state index in [0.29, 0.717) is 67.1 Å². The molecule has 4 aromatic rings. The van der Waals surface area contributed by atoms with Gasteiger partial charge in [-0.1, -0.05) is 30.3 Å². The summed E-state index contributed by atoms with van der Waals surface area (Å²) in [5.74, 6) is 2.02. The second kappa shape index (κ2) is 11.0. The van der Waals surface area contributed by atoms with E-state index in [2.05, 4.69) is 20.3 Å². The fraction of sp³-hybridized carbons (Fsp3) is 0.222. The van der Waals surface area contributed by atoms with E-state index in [4.69, 9.17) is 9.47 Å². The number of ether oxygens (including phenoxy) is 2. The quantitative estimate of drug-likeness (QED) is 0.433. The fourth-order valence-electron chi connectivity index (χ4n) is 3.93. The molecule has 1 saturated heterocycles. The molecule has 5 rings (SSSR count). The summed E-state index contributed by atoms with van der Waals surface area (Å²) < 4.78 is 12.7. The standard InChI is InChI=1S/C27H26N6O4/c1-32-25(15-19-5-3-2-4-6-19)30-18-22(26(32)34)23-8-7-21(17-29-23)37-20-9-10-28-24(16-20)31-27(35)33-11-13-36-14-12-33/h2-10,16-18H,11-15H2,1H3,(H,28,31,35). The van der Waals surface area contributed by atoms with Gasteiger partial charge in [0.25, 0.3) is 5.56 Å². The van der Waals surface area contributed by atoms with Gasteiger partial charge in [0, 0.05) is 45.0 Å². The molecule has 2 amide bonds. The Balaban J connectivity index is 1.26. The Morgan fingerprint density at radius 1 is 1.00 bits per heavy atom. The number of hydrogen-bond donors (Lipinski definition) is 1. The molecule has 0 saturated carbocycles. The summed E-state index contributed by atoms with van der Waals surface area (Å²) in [6.45, 7) is 2.11. The first-order valence-corrected chi connectivity index (χ1v) is 11.9. The number of nitrogens with one attached hydrogen (secondary N) is 1. The second-order valence-corrected chi connectivity index (χ2v) is 8.50. The summed E-state index contributed by atoms with van der Waals surface area (Å²) in [6.07, 6.45) is 5.22. The van der Waals surface area contributed by atoms with Gasteiger partial charge in [-0.25, -0.2) is 14.8 Å². The largest absolute Gasteiger partial charge is 0.456 e. The number of nitrogens with zero attached hydrogens (tertiary/aromatic N) is 5. The molecule has 1 aliphatic heterocycles. The second-order valence-electron chi connectivity index (χ2n) is 8.50. The molecule has 10 nitrogen and oxygen atoms in total. The van der Waals surface area contributed by atoms with E-state index >= 15 is 0 Å². The summed E-state index contributed by atoms with van der Waals surface area (Å²) in [5, 5.41) is 2.78. The molecule has 0 atom stereocenters. The van der Waals surface area contributed by atoms with E-state index in [-0.39, 0.29) is 11.6 Å². The minimum Gasteiger partial charge on any atom is -0.456 e. The molecule has 0 spiro atoms. The van der Waals surface area contributed by atoms with Crippen molar-refractivity contribution in [2.45, 2.75) is 6.42 Å². The number of rotatable bonds is 6. The molecule has 1 aromatic carbocycles. The summed E-state index contributed by atoms with van der Waals surface area (Å²) in [6, 6.07) is 16.4. The van der Waals surface area contributed by atoms with Gasteiger partial charge in [-0.05, 0) is 23.8 Å². The number of aromatic nitrogens is 4. The summed E-state index contributed by atoms with van der Waals surface area (Å²) in [4.78, 5) is 40.2. The van der Waals surface area contributed by atoms with Crippen LogP contribution in [-0.4, -0.2) is 56.8 Å². The van der Waals surface area contributed by atoms with Gasteiger partial charge in [-0.2, -0.15) is 0 Å². The SMILES string of the molecule is Cn1c(Cc2ccccc2)ncc(-c2ccc(Oc3ccnc(NC(=O)N4CCOCC4)c3)cn2)c1=O. The highest BCUT2D eigenvalue weighted by atomic mass is 16.5. The number of anilines is 1. The molecule has 1 N–H and O–H groups in total. The number of morpholine rings is 1. The highest BCUT2D eigenvalue weighted by Crippen LogP contribution is 2.24. The normalized spacial score (nSPS) is 13.3. The van der Waals surface area contributed by atoms with Crippen LogP contribution in [0.4, 0.5) is 10.6 Å². The zero-order chi connectivity index (χ0) is 25.6. The molecular formula is C27H26N6O4. The third-order valence-electron chi connectivity index (χ3n) is 5.98. The smallest absolute Gasteiger partial charge is 0.323 e. The van der Waals surface area contributed by atoms with Crippen LogP contribution in [0.5, 0.6) is 11.5 Å². The van der Waals surface area contributed by atoms with Crippen molar-refractivity contribution in [1.82, 2.24) is 24.4 Å². The molecule has 3 aromatic heterocycles. The summed E-state index contributed by atoms with van der Waals surface area (Å²) in [7, 11) is 1.72. The Morgan fingerprint density at radius 3 is 2.57 bits per heavy atom. The molecule has 10 heteroatoms. The van der Waals surface area contributed by atoms with E-state index in [1.54, 1.807) is 59.4 Å². The maximum atomic E-state index is 13.0. The molecule has 0 radical (unpaired) electrons. The first-order valence-electron chi connectivity index (χ1n) is 11.9. The Kier molecular flexibility index (Phi) is 7.18. The zero-order valence-corrected chi connectivity index (χ0v) is 20.3. The van der Waals surface area contributed by atoms with Crippen molar-refractivity contribution in [1.29, 1.82) is 0 Å². The molecule has 188 valence electrons. The maximum Gasteiger partial charge on any atom is 0.323 e. The molecule has 0 aliphatic carbocycles. The molecule has 1 fully saturated rings. The highest BCUT2D eigenvalue weighted by molar-refractivity contribution is 5.88. The van der Waals surface area contributed by atoms with Crippen molar-refractivity contribution < 1.29 is 14.3 Å². The minimum atomic E-state index is -0.232. The van der Waals surface area contributed by atoms with Gasteiger partial charge in [-0.3, -0.25) is 19.7 Å². The lowest BCUT2D eigenvalue weighted by atomic mass is 10.1. The van der Waals surface area contributed by atoms with E-state index in [1.165, 1.54) is 0 Å². The third-order valence-corrected chi connectivity index (χ3v) is 5.98. The number of carbonyl (C=O) groups excluding carboxylic acids is 1. The Bertz CT molecular complexity index is 1430. The van der Waals surface area contributed by atoms with Crippen molar-refractivity contribution in [3.05, 3.63) is 94.9 Å². The predicted molar refractivity (Wildman–Crippen MR) is 138 cm³/mol. The molecule has 37 heavy (non-hydrogen) atoms. The molecule has 0 unspecified atom stereocenters. The average molecular weight is 499 g/mol. The predicted octanol–water partition coefficient (Wildman–Crippen LogP) is 3.48. The topological polar surface area (TPSA) is 111 Å². The van der Waals surface area contributed by atoms with Gasteiger partial charge in [0.15, 0.2) is 0 Å². The number of carbonyl (C=O) groups is 1. The first-order chi connectivity index (χ1) is 18.1. The van der Waals surface area contributed by atoms with Crippen LogP contribution < -0.4 is 15.6 Å². The Hall–Kier alpha value is -4.57. The summed E-state index contributed by atoms with van der Waals surface area (Å²) in [5.41, 5.74) is 1.82. The monoisotopic (exact) mass is 498 g/mol. The summed E-state index contributed by atoms with van der Waals surface area (Å²) >= 11 is 0. The maximum absolute atomic E-state index is 13.0. The molecular weight excluding hydrogens is 472 g/mol. The van der Waals surface area contributed by atoms with Gasteiger partial charge in [0.05, 0.1) is 30.7 Å². The van der Waals surface area contributed by atoms with Gasteiger partial charge < -0.3 is 14.4 Å². The van der Waals surface area contributed by atoms with Gasteiger partial charge in [-0.15, -0.1) is 0 Å². The van der Waals surface area contributed by atoms with Crippen LogP contribution >= 0.6 is 0 Å². The van der Waals surface area contributed by atoms with Gasteiger partial charge in [0.1, 0.15) is 23.1 Å². The van der Waals surface area contributed by atoms with Crippen molar-refractivity contribution in [2.24, 2.45) is 7.05 Å². The average Bonchev–Trinajstić information content (AvgIpc) is 2.93. The molecule has 1 aliphatic rings. The van der Waals surface area contributed by atoms with Gasteiger partial charge >= 0.3 is 6.03 Å². The third kappa shape index (κ3) is 5.81. The Morgan fingerprint density at radius 2 is 1.81 bits per heavy atom. The Labute approximate surface area is 213 Å². The van der Waals surface area contributed by atoms with Crippen LogP contribution in [0.25, 0.3) is 11.3 Å².